The molecule has 10 amide bonds. The molecule has 0 aliphatic rings. The standard InChI is InChI=1S/C30H40N6O10.C23H37N5O6.C13H8N2O7.CH4/c1-18(2)24(35-28(40)46-30(3,4)5)26(38)34-23(7-6-16-32-27(31)39)25(37)33-20-10-8-19(9-11-20)17-44-29(41)45-22-14-12-21(13-15-22)36(42)43;1-14(2)18(28-22(33)34-23(3,4)5)20(31)27-17(7-6-12-25-21(24)32)19(30)26-16-10-8-15(13-29)9-11-16;16-13(21-11-5-1-9(2-6-11)14(17)18)22-12-7-3-10(4-8-12)15(19)20;/h8-15,18,23-24H,6-7,16-17H2,1-5H3,(H,33,37)(H,34,38)(H,35,40)(H3,31,32,39);8-11,14,17-18,29H,6-7,12-13H2,1-5H3,(H,26,30)(H,27,31)(H,28,33)(H3,24,25,32);1-8H;1H4/t23-,24-;17-,18-;;/m00../s1. The molecule has 5 aromatic carbocycles. The zero-order valence-corrected chi connectivity index (χ0v) is 57.6. The summed E-state index contributed by atoms with van der Waals surface area (Å²) in [6, 6.07) is 22.2. The Morgan fingerprint density at radius 2 is 0.767 bits per heavy atom. The fourth-order valence-electron chi connectivity index (χ4n) is 8.26. The van der Waals surface area contributed by atoms with Crippen LogP contribution in [0.3, 0.4) is 0 Å². The maximum Gasteiger partial charge on any atom is 0.519 e. The first-order chi connectivity index (χ1) is 47.8. The Hall–Kier alpha value is -12.2. The lowest BCUT2D eigenvalue weighted by atomic mass is 10.0. The number of benzene rings is 5. The Kier molecular flexibility index (Phi) is 36.0. The molecule has 0 fully saturated rings. The average molecular weight is 1440 g/mol. The third-order valence-electron chi connectivity index (χ3n) is 13.2. The molecule has 560 valence electrons. The second-order valence-electron chi connectivity index (χ2n) is 24.6. The van der Waals surface area contributed by atoms with Crippen LogP contribution in [0, 0.1) is 42.2 Å². The minimum Gasteiger partial charge on any atom is -0.444 e. The number of nitrogens with one attached hydrogen (secondary N) is 8. The van der Waals surface area contributed by atoms with Gasteiger partial charge < -0.3 is 87.5 Å². The average Bonchev–Trinajstić information content (AvgIpc) is 0.872. The Labute approximate surface area is 592 Å². The van der Waals surface area contributed by atoms with Gasteiger partial charge >= 0.3 is 36.6 Å². The quantitative estimate of drug-likeness (QED) is 0.00531. The number of amides is 10. The van der Waals surface area contributed by atoms with Crippen molar-refractivity contribution in [3.05, 3.63) is 163 Å². The van der Waals surface area contributed by atoms with Crippen LogP contribution < -0.4 is 68.2 Å². The van der Waals surface area contributed by atoms with Crippen molar-refractivity contribution < 1.29 is 96.2 Å². The highest BCUT2D eigenvalue weighted by atomic mass is 16.7. The van der Waals surface area contributed by atoms with Crippen molar-refractivity contribution in [1.29, 1.82) is 0 Å². The van der Waals surface area contributed by atoms with Gasteiger partial charge in [0.2, 0.25) is 23.6 Å². The summed E-state index contributed by atoms with van der Waals surface area (Å²) in [5, 5.41) is 61.7. The summed E-state index contributed by atoms with van der Waals surface area (Å²) >= 11 is 0. The van der Waals surface area contributed by atoms with Crippen LogP contribution in [0.2, 0.25) is 0 Å². The van der Waals surface area contributed by atoms with Crippen molar-refractivity contribution in [2.75, 3.05) is 23.7 Å². The van der Waals surface area contributed by atoms with E-state index in [2.05, 4.69) is 42.5 Å². The normalized spacial score (nSPS) is 11.8. The third kappa shape index (κ3) is 34.9. The topological polar surface area (TPSA) is 524 Å². The molecule has 0 unspecified atom stereocenters. The molecule has 0 aliphatic carbocycles. The first-order valence-corrected chi connectivity index (χ1v) is 31.4. The van der Waals surface area contributed by atoms with Crippen molar-refractivity contribution in [1.82, 2.24) is 31.9 Å². The van der Waals surface area contributed by atoms with Crippen molar-refractivity contribution in [3.63, 3.8) is 0 Å². The molecule has 0 aliphatic heterocycles. The van der Waals surface area contributed by atoms with Crippen molar-refractivity contribution in [2.45, 2.75) is 151 Å². The number of primary amides is 2. The lowest BCUT2D eigenvalue weighted by Gasteiger charge is -2.27. The number of hydrogen-bond donors (Lipinski definition) is 11. The molecule has 5 aromatic rings. The van der Waals surface area contributed by atoms with E-state index in [1.54, 1.807) is 118 Å². The number of nitrogens with zero attached hydrogens (tertiary/aromatic N) is 3. The van der Waals surface area contributed by atoms with E-state index in [1.807, 2.05) is 0 Å². The smallest absolute Gasteiger partial charge is 0.444 e. The molecule has 0 heterocycles. The summed E-state index contributed by atoms with van der Waals surface area (Å²) in [7, 11) is 0. The predicted octanol–water partition coefficient (Wildman–Crippen LogP) is 9.05. The summed E-state index contributed by atoms with van der Waals surface area (Å²) in [6.45, 7) is 17.3. The Bertz CT molecular complexity index is 3600. The van der Waals surface area contributed by atoms with Crippen LogP contribution in [-0.2, 0) is 46.6 Å². The first-order valence-electron chi connectivity index (χ1n) is 31.4. The van der Waals surface area contributed by atoms with Crippen molar-refractivity contribution in [3.8, 4) is 17.2 Å². The number of anilines is 2. The van der Waals surface area contributed by atoms with E-state index < -0.39 is 110 Å². The number of rotatable bonds is 29. The number of alkyl carbamates (subject to hydrolysis) is 2. The minimum atomic E-state index is -1.07. The van der Waals surface area contributed by atoms with Crippen molar-refractivity contribution >= 4 is 88.6 Å². The highest BCUT2D eigenvalue weighted by Gasteiger charge is 2.33. The second-order valence-corrected chi connectivity index (χ2v) is 24.6. The lowest BCUT2D eigenvalue weighted by Crippen LogP contribution is -2.55. The van der Waals surface area contributed by atoms with Crippen LogP contribution in [0.15, 0.2) is 121 Å². The van der Waals surface area contributed by atoms with E-state index in [-0.39, 0.29) is 92.7 Å². The number of hydrogen-bond acceptors (Lipinski definition) is 23. The van der Waals surface area contributed by atoms with Gasteiger partial charge in [-0.3, -0.25) is 49.5 Å². The van der Waals surface area contributed by atoms with Gasteiger partial charge in [0, 0.05) is 60.9 Å². The van der Waals surface area contributed by atoms with Crippen LogP contribution >= 0.6 is 0 Å². The van der Waals surface area contributed by atoms with E-state index in [9.17, 15) is 78.3 Å². The Balaban J connectivity index is 0.000000555. The summed E-state index contributed by atoms with van der Waals surface area (Å²) in [4.78, 5) is 152. The van der Waals surface area contributed by atoms with E-state index in [0.29, 0.717) is 35.3 Å². The molecule has 5 rings (SSSR count). The van der Waals surface area contributed by atoms with Gasteiger partial charge in [-0.15, -0.1) is 0 Å². The zero-order valence-electron chi connectivity index (χ0n) is 57.6. The van der Waals surface area contributed by atoms with Crippen LogP contribution in [-0.4, -0.2) is 129 Å². The van der Waals surface area contributed by atoms with Gasteiger partial charge in [-0.05, 0) is 151 Å². The number of carbonyl (C=O) groups excluding carboxylic acids is 10. The van der Waals surface area contributed by atoms with Gasteiger partial charge in [0.1, 0.15) is 59.2 Å². The van der Waals surface area contributed by atoms with Crippen LogP contribution in [0.1, 0.15) is 113 Å². The summed E-state index contributed by atoms with van der Waals surface area (Å²) in [5.74, 6) is -2.58. The molecule has 103 heavy (non-hydrogen) atoms. The molecule has 0 saturated heterocycles. The SMILES string of the molecule is C.CC(C)[C@H](NC(=O)OC(C)(C)C)C(=O)N[C@@H](CCCNC(N)=O)C(=O)Nc1ccc(CO)cc1.CC(C)[C@H](NC(=O)OC(C)(C)C)C(=O)N[C@@H](CCCNC(N)=O)C(=O)Nc1ccc(COC(=O)Oc2ccc([N+](=O)[O-])cc2)cc1.O=C(Oc1ccc([N+](=O)[O-])cc1)Oc1ccc([N+](=O)[O-])cc1. The lowest BCUT2D eigenvalue weighted by molar-refractivity contribution is -0.385. The number of nitrogens with two attached hydrogens (primary N) is 2. The fourth-order valence-corrected chi connectivity index (χ4v) is 8.26. The number of aliphatic hydroxyl groups is 1. The van der Waals surface area contributed by atoms with Crippen LogP contribution in [0.5, 0.6) is 17.2 Å². The number of ether oxygens (including phenoxy) is 6. The number of non-ortho nitro benzene ring substituents is 3. The van der Waals surface area contributed by atoms with E-state index in [1.165, 1.54) is 72.8 Å². The fraction of sp³-hybridized carbons (Fsp3) is 0.403. The molecular weight excluding hydrogens is 1350 g/mol. The Morgan fingerprint density at radius 1 is 0.456 bits per heavy atom. The summed E-state index contributed by atoms with van der Waals surface area (Å²) in [6.07, 6.45) is -2.58. The van der Waals surface area contributed by atoms with E-state index in [0.717, 1.165) is 0 Å². The van der Waals surface area contributed by atoms with Crippen LogP contribution in [0.25, 0.3) is 0 Å². The molecule has 0 radical (unpaired) electrons. The molecule has 0 bridgehead atoms. The molecule has 0 spiro atoms. The molecule has 0 aromatic heterocycles. The zero-order chi connectivity index (χ0) is 76.4. The highest BCUT2D eigenvalue weighted by Crippen LogP contribution is 2.23. The molecule has 36 heteroatoms. The van der Waals surface area contributed by atoms with E-state index >= 15 is 0 Å². The number of aliphatic hydroxyl groups excluding tert-OH is 1. The maximum absolute atomic E-state index is 13.2. The second kappa shape index (κ2) is 42.7. The van der Waals surface area contributed by atoms with Gasteiger partial charge in [0.05, 0.1) is 21.4 Å². The monoisotopic (exact) mass is 1440 g/mol. The number of carbonyl (C=O) groups is 10. The molecular formula is C67H89N13O23. The third-order valence-corrected chi connectivity index (χ3v) is 13.2. The number of urea groups is 2. The maximum atomic E-state index is 13.2. The van der Waals surface area contributed by atoms with Crippen molar-refractivity contribution in [2.24, 2.45) is 23.3 Å². The largest absolute Gasteiger partial charge is 0.519 e. The summed E-state index contributed by atoms with van der Waals surface area (Å²) in [5.41, 5.74) is 10.3. The molecule has 13 N–H and O–H groups in total. The molecule has 36 nitrogen and oxygen atoms in total. The number of nitro groups is 3. The van der Waals surface area contributed by atoms with Gasteiger partial charge in [0.15, 0.2) is 0 Å². The number of nitro benzene ring substituents is 3. The first kappa shape index (κ1) is 86.8. The van der Waals surface area contributed by atoms with E-state index in [4.69, 9.17) is 45.0 Å². The molecule has 4 atom stereocenters. The predicted molar refractivity (Wildman–Crippen MR) is 373 cm³/mol. The van der Waals surface area contributed by atoms with Gasteiger partial charge in [0.25, 0.3) is 17.1 Å². The Morgan fingerprint density at radius 3 is 1.05 bits per heavy atom. The molecule has 0 saturated carbocycles. The van der Waals surface area contributed by atoms with Gasteiger partial charge in [-0.25, -0.2) is 28.8 Å². The minimum absolute atomic E-state index is 0. The highest BCUT2D eigenvalue weighted by molar-refractivity contribution is 5.99. The summed E-state index contributed by atoms with van der Waals surface area (Å²) < 4.78 is 30.2. The van der Waals surface area contributed by atoms with Crippen LogP contribution in [0.4, 0.5) is 57.2 Å². The van der Waals surface area contributed by atoms with Gasteiger partial charge in [-0.1, -0.05) is 59.4 Å². The van der Waals surface area contributed by atoms with Gasteiger partial charge in [-0.2, -0.15) is 0 Å².